The van der Waals surface area contributed by atoms with Crippen LogP contribution in [0, 0.1) is 12.7 Å². The Labute approximate surface area is 125 Å². The van der Waals surface area contributed by atoms with Gasteiger partial charge in [0, 0.05) is 32.4 Å². The Morgan fingerprint density at radius 2 is 1.71 bits per heavy atom. The summed E-state index contributed by atoms with van der Waals surface area (Å²) in [5.74, 6) is 0.812. The molecular weight excluding hydrogens is 265 g/mol. The van der Waals surface area contributed by atoms with Gasteiger partial charge in [-0.2, -0.15) is 0 Å². The van der Waals surface area contributed by atoms with Crippen molar-refractivity contribution in [2.24, 2.45) is 0 Å². The van der Waals surface area contributed by atoms with Gasteiger partial charge in [0.15, 0.2) is 0 Å². The molecule has 1 aliphatic heterocycles. The first-order chi connectivity index (χ1) is 10.1. The summed E-state index contributed by atoms with van der Waals surface area (Å²) in [5.41, 5.74) is 2.58. The third kappa shape index (κ3) is 3.05. The van der Waals surface area contributed by atoms with Gasteiger partial charge < -0.3 is 9.80 Å². The minimum Gasteiger partial charge on any atom is -0.354 e. The smallest absolute Gasteiger partial charge is 0.129 e. The summed E-state index contributed by atoms with van der Waals surface area (Å²) in [6, 6.07) is 9.36. The molecular formula is C17H20FN3. The van der Waals surface area contributed by atoms with Gasteiger partial charge in [-0.3, -0.25) is 0 Å². The third-order valence-corrected chi connectivity index (χ3v) is 4.08. The second-order valence-electron chi connectivity index (χ2n) is 5.66. The fraction of sp³-hybridized carbons (Fsp3) is 0.353. The number of aromatic nitrogens is 1. The molecule has 0 aliphatic carbocycles. The summed E-state index contributed by atoms with van der Waals surface area (Å²) in [5, 5.41) is 0. The van der Waals surface area contributed by atoms with E-state index in [4.69, 9.17) is 0 Å². The number of nitrogens with zero attached hydrogens (tertiary/aromatic N) is 3. The molecule has 0 radical (unpaired) electrons. The number of likely N-dealkylation sites (N-methyl/N-ethyl adjacent to an activating group) is 1. The van der Waals surface area contributed by atoms with Gasteiger partial charge in [-0.15, -0.1) is 0 Å². The van der Waals surface area contributed by atoms with Gasteiger partial charge in [0.25, 0.3) is 0 Å². The van der Waals surface area contributed by atoms with Crippen molar-refractivity contribution in [3.05, 3.63) is 47.9 Å². The number of piperazine rings is 1. The van der Waals surface area contributed by atoms with Crippen LogP contribution in [0.3, 0.4) is 0 Å². The zero-order valence-corrected chi connectivity index (χ0v) is 12.5. The van der Waals surface area contributed by atoms with Crippen LogP contribution in [0.25, 0.3) is 11.1 Å². The van der Waals surface area contributed by atoms with Gasteiger partial charge in [-0.1, -0.05) is 12.1 Å². The first-order valence-electron chi connectivity index (χ1n) is 7.29. The van der Waals surface area contributed by atoms with Crippen molar-refractivity contribution in [2.75, 3.05) is 38.1 Å². The molecule has 1 saturated heterocycles. The third-order valence-electron chi connectivity index (χ3n) is 4.08. The van der Waals surface area contributed by atoms with Crippen LogP contribution in [0.15, 0.2) is 36.5 Å². The molecule has 3 nitrogen and oxygen atoms in total. The highest BCUT2D eigenvalue weighted by Gasteiger charge is 2.15. The van der Waals surface area contributed by atoms with Crippen LogP contribution < -0.4 is 4.90 Å². The molecule has 3 rings (SSSR count). The zero-order valence-electron chi connectivity index (χ0n) is 12.5. The number of hydrogen-bond donors (Lipinski definition) is 0. The molecule has 1 aromatic carbocycles. The Hall–Kier alpha value is -1.94. The summed E-state index contributed by atoms with van der Waals surface area (Å²) in [4.78, 5) is 9.07. The van der Waals surface area contributed by atoms with E-state index in [1.54, 1.807) is 19.2 Å². The van der Waals surface area contributed by atoms with Crippen molar-refractivity contribution in [3.8, 4) is 11.1 Å². The molecule has 21 heavy (non-hydrogen) atoms. The van der Waals surface area contributed by atoms with Crippen molar-refractivity contribution in [1.82, 2.24) is 9.88 Å². The number of hydrogen-bond acceptors (Lipinski definition) is 3. The summed E-state index contributed by atoms with van der Waals surface area (Å²) in [6.07, 6.45) is 1.81. The highest BCUT2D eigenvalue weighted by atomic mass is 19.1. The zero-order chi connectivity index (χ0) is 14.8. The highest BCUT2D eigenvalue weighted by Crippen LogP contribution is 2.25. The first kappa shape index (κ1) is 14.0. The summed E-state index contributed by atoms with van der Waals surface area (Å²) in [7, 11) is 2.14. The summed E-state index contributed by atoms with van der Waals surface area (Å²) >= 11 is 0. The molecule has 1 fully saturated rings. The number of benzene rings is 1. The van der Waals surface area contributed by atoms with E-state index in [-0.39, 0.29) is 5.82 Å². The Bertz CT molecular complexity index is 634. The molecule has 2 aromatic rings. The predicted octanol–water partition coefficient (Wildman–Crippen LogP) is 2.95. The largest absolute Gasteiger partial charge is 0.354 e. The highest BCUT2D eigenvalue weighted by molar-refractivity contribution is 5.67. The number of halogens is 1. The lowest BCUT2D eigenvalue weighted by molar-refractivity contribution is 0.312. The van der Waals surface area contributed by atoms with Crippen LogP contribution >= 0.6 is 0 Å². The van der Waals surface area contributed by atoms with E-state index in [0.29, 0.717) is 5.56 Å². The van der Waals surface area contributed by atoms with Gasteiger partial charge in [-0.05, 0) is 48.9 Å². The van der Waals surface area contributed by atoms with Crippen LogP contribution in [0.4, 0.5) is 10.2 Å². The van der Waals surface area contributed by atoms with Crippen molar-refractivity contribution in [3.63, 3.8) is 0 Å². The summed E-state index contributed by atoms with van der Waals surface area (Å²) < 4.78 is 13.7. The monoisotopic (exact) mass is 285 g/mol. The van der Waals surface area contributed by atoms with Crippen molar-refractivity contribution < 1.29 is 4.39 Å². The molecule has 1 aromatic heterocycles. The standard InChI is InChI=1S/C17H20FN3/c1-13-3-4-14(11-16(13)18)15-5-6-19-17(12-15)21-9-7-20(2)8-10-21/h3-6,11-12H,7-10H2,1-2H3. The first-order valence-corrected chi connectivity index (χ1v) is 7.29. The minimum absolute atomic E-state index is 0.162. The van der Waals surface area contributed by atoms with E-state index in [0.717, 1.165) is 43.1 Å². The number of pyridine rings is 1. The maximum absolute atomic E-state index is 13.7. The molecule has 0 saturated carbocycles. The second kappa shape index (κ2) is 5.82. The SMILES string of the molecule is Cc1ccc(-c2ccnc(N3CCN(C)CC3)c2)cc1F. The molecule has 0 spiro atoms. The van der Waals surface area contributed by atoms with E-state index in [9.17, 15) is 4.39 Å². The Morgan fingerprint density at radius 3 is 2.43 bits per heavy atom. The van der Waals surface area contributed by atoms with Gasteiger partial charge in [0.1, 0.15) is 11.6 Å². The Morgan fingerprint density at radius 1 is 1.00 bits per heavy atom. The van der Waals surface area contributed by atoms with Crippen LogP contribution in [0.2, 0.25) is 0 Å². The average molecular weight is 285 g/mol. The van der Waals surface area contributed by atoms with Crippen molar-refractivity contribution in [1.29, 1.82) is 0 Å². The predicted molar refractivity (Wildman–Crippen MR) is 84.1 cm³/mol. The van der Waals surface area contributed by atoms with E-state index in [1.807, 2.05) is 18.2 Å². The molecule has 0 amide bonds. The molecule has 0 atom stereocenters. The van der Waals surface area contributed by atoms with E-state index in [2.05, 4.69) is 27.9 Å². The fourth-order valence-electron chi connectivity index (χ4n) is 2.58. The van der Waals surface area contributed by atoms with Crippen LogP contribution in [-0.2, 0) is 0 Å². The average Bonchev–Trinajstić information content (AvgIpc) is 2.51. The van der Waals surface area contributed by atoms with Gasteiger partial charge >= 0.3 is 0 Å². The summed E-state index contributed by atoms with van der Waals surface area (Å²) in [6.45, 7) is 5.84. The number of aryl methyl sites for hydroxylation is 1. The topological polar surface area (TPSA) is 19.4 Å². The lowest BCUT2D eigenvalue weighted by Gasteiger charge is -2.33. The van der Waals surface area contributed by atoms with Gasteiger partial charge in [0.05, 0.1) is 0 Å². The van der Waals surface area contributed by atoms with Crippen LogP contribution in [-0.4, -0.2) is 43.1 Å². The lowest BCUT2D eigenvalue weighted by Crippen LogP contribution is -2.44. The van der Waals surface area contributed by atoms with Gasteiger partial charge in [0.2, 0.25) is 0 Å². The molecule has 2 heterocycles. The minimum atomic E-state index is -0.162. The molecule has 4 heteroatoms. The lowest BCUT2D eigenvalue weighted by atomic mass is 10.0. The Kier molecular flexibility index (Phi) is 3.88. The van der Waals surface area contributed by atoms with E-state index in [1.165, 1.54) is 0 Å². The molecule has 0 unspecified atom stereocenters. The molecule has 0 bridgehead atoms. The van der Waals surface area contributed by atoms with Crippen molar-refractivity contribution >= 4 is 5.82 Å². The number of anilines is 1. The normalized spacial score (nSPS) is 16.2. The van der Waals surface area contributed by atoms with Crippen LogP contribution in [0.1, 0.15) is 5.56 Å². The van der Waals surface area contributed by atoms with E-state index >= 15 is 0 Å². The maximum atomic E-state index is 13.7. The number of rotatable bonds is 2. The fourth-order valence-corrected chi connectivity index (χ4v) is 2.58. The Balaban J connectivity index is 1.87. The van der Waals surface area contributed by atoms with E-state index < -0.39 is 0 Å². The van der Waals surface area contributed by atoms with Gasteiger partial charge in [-0.25, -0.2) is 9.37 Å². The maximum Gasteiger partial charge on any atom is 0.129 e. The second-order valence-corrected chi connectivity index (χ2v) is 5.66. The molecule has 1 aliphatic rings. The van der Waals surface area contributed by atoms with Crippen LogP contribution in [0.5, 0.6) is 0 Å². The molecule has 110 valence electrons. The quantitative estimate of drug-likeness (QED) is 0.845. The van der Waals surface area contributed by atoms with Crippen molar-refractivity contribution in [2.45, 2.75) is 6.92 Å². The molecule has 0 N–H and O–H groups in total.